The molecule has 0 saturated heterocycles. The highest BCUT2D eigenvalue weighted by molar-refractivity contribution is 9.11. The molecule has 0 radical (unpaired) electrons. The van der Waals surface area contributed by atoms with Gasteiger partial charge in [0, 0.05) is 0 Å². The molecule has 0 heterocycles. The Bertz CT molecular complexity index is 209. The summed E-state index contributed by atoms with van der Waals surface area (Å²) in [5.41, 5.74) is 0. The summed E-state index contributed by atoms with van der Waals surface area (Å²) in [5, 5.41) is 10.4. The Morgan fingerprint density at radius 2 is 1.85 bits per heavy atom. The van der Waals surface area contributed by atoms with Crippen molar-refractivity contribution in [3.8, 4) is 0 Å². The standard InChI is InChI=1S/C6H12BrO5P/c1-3-11-13(10,12-4-2)5(7)6(8)9/h5H,3-4H2,1-2H3,(H,8,9)/p-1/t5-/m0/s1. The van der Waals surface area contributed by atoms with E-state index in [1.54, 1.807) is 13.8 Å². The van der Waals surface area contributed by atoms with Crippen LogP contribution in [0.1, 0.15) is 13.8 Å². The molecule has 0 aliphatic heterocycles. The molecule has 0 amide bonds. The number of hydrogen-bond donors (Lipinski definition) is 0. The molecule has 0 aromatic heterocycles. The van der Waals surface area contributed by atoms with Crippen LogP contribution in [0.5, 0.6) is 0 Å². The van der Waals surface area contributed by atoms with E-state index in [2.05, 4.69) is 15.9 Å². The molecular weight excluding hydrogens is 263 g/mol. The second kappa shape index (κ2) is 5.75. The topological polar surface area (TPSA) is 75.7 Å². The Labute approximate surface area is 85.1 Å². The molecule has 0 unspecified atom stereocenters. The van der Waals surface area contributed by atoms with Gasteiger partial charge in [-0.05, 0) is 13.8 Å². The molecule has 0 saturated carbocycles. The minimum absolute atomic E-state index is 0.118. The number of carbonyl (C=O) groups excluding carboxylic acids is 1. The zero-order valence-corrected chi connectivity index (χ0v) is 9.84. The molecule has 0 fully saturated rings. The summed E-state index contributed by atoms with van der Waals surface area (Å²) in [6.45, 7) is 3.43. The van der Waals surface area contributed by atoms with Gasteiger partial charge in [0.1, 0.15) is 0 Å². The van der Waals surface area contributed by atoms with Gasteiger partial charge < -0.3 is 18.9 Å². The lowest BCUT2D eigenvalue weighted by molar-refractivity contribution is -0.302. The number of aliphatic carboxylic acids is 1. The summed E-state index contributed by atoms with van der Waals surface area (Å²) < 4.78 is 19.7. The molecule has 0 aliphatic carbocycles. The lowest BCUT2D eigenvalue weighted by Gasteiger charge is -2.22. The van der Waals surface area contributed by atoms with Crippen LogP contribution in [0.15, 0.2) is 0 Å². The van der Waals surface area contributed by atoms with Gasteiger partial charge in [-0.2, -0.15) is 0 Å². The monoisotopic (exact) mass is 273 g/mol. The Morgan fingerprint density at radius 3 is 2.08 bits per heavy atom. The van der Waals surface area contributed by atoms with E-state index in [9.17, 15) is 14.5 Å². The summed E-state index contributed by atoms with van der Waals surface area (Å²) in [7, 11) is -3.61. The Kier molecular flexibility index (Phi) is 5.80. The molecule has 0 N–H and O–H groups in total. The normalized spacial score (nSPS) is 14.1. The summed E-state index contributed by atoms with van der Waals surface area (Å²) in [6, 6.07) is 0. The van der Waals surface area contributed by atoms with Crippen LogP contribution in [0.3, 0.4) is 0 Å². The fourth-order valence-electron chi connectivity index (χ4n) is 0.657. The molecule has 78 valence electrons. The van der Waals surface area contributed by atoms with Gasteiger partial charge in [-0.1, -0.05) is 15.9 Å². The van der Waals surface area contributed by atoms with E-state index in [1.165, 1.54) is 0 Å². The zero-order valence-electron chi connectivity index (χ0n) is 7.36. The second-order valence-corrected chi connectivity index (χ2v) is 5.77. The van der Waals surface area contributed by atoms with Gasteiger partial charge in [0.05, 0.1) is 19.2 Å². The average molecular weight is 274 g/mol. The third kappa shape index (κ3) is 3.77. The van der Waals surface area contributed by atoms with Crippen molar-refractivity contribution in [1.29, 1.82) is 0 Å². The fourth-order valence-corrected chi connectivity index (χ4v) is 2.68. The minimum Gasteiger partial charge on any atom is -0.548 e. The van der Waals surface area contributed by atoms with Crippen molar-refractivity contribution < 1.29 is 23.5 Å². The minimum atomic E-state index is -3.61. The van der Waals surface area contributed by atoms with Crippen LogP contribution < -0.4 is 5.11 Å². The molecule has 1 atom stereocenters. The lowest BCUT2D eigenvalue weighted by atomic mass is 10.8. The van der Waals surface area contributed by atoms with Crippen molar-refractivity contribution in [3.05, 3.63) is 0 Å². The lowest BCUT2D eigenvalue weighted by Crippen LogP contribution is -2.32. The fraction of sp³-hybridized carbons (Fsp3) is 0.833. The first-order valence-corrected chi connectivity index (χ1v) is 6.24. The maximum absolute atomic E-state index is 11.6. The van der Waals surface area contributed by atoms with Crippen LogP contribution in [0.25, 0.3) is 0 Å². The summed E-state index contributed by atoms with van der Waals surface area (Å²) in [5.74, 6) is -1.51. The van der Waals surface area contributed by atoms with E-state index in [0.29, 0.717) is 0 Å². The number of carbonyl (C=O) groups is 1. The number of alkyl halides is 1. The van der Waals surface area contributed by atoms with E-state index >= 15 is 0 Å². The second-order valence-electron chi connectivity index (χ2n) is 2.03. The number of carboxylic acid groups (broad SMARTS) is 1. The highest BCUT2D eigenvalue weighted by Gasteiger charge is 2.34. The molecule has 7 heteroatoms. The van der Waals surface area contributed by atoms with Crippen LogP contribution in [0.2, 0.25) is 0 Å². The van der Waals surface area contributed by atoms with Gasteiger partial charge >= 0.3 is 7.60 Å². The molecule has 0 bridgehead atoms. The first-order valence-electron chi connectivity index (χ1n) is 3.71. The number of rotatable bonds is 6. The highest BCUT2D eigenvalue weighted by atomic mass is 79.9. The number of halogens is 1. The van der Waals surface area contributed by atoms with Gasteiger partial charge in [0.2, 0.25) is 0 Å². The smallest absolute Gasteiger partial charge is 0.349 e. The third-order valence-corrected chi connectivity index (χ3v) is 4.97. The van der Waals surface area contributed by atoms with E-state index in [1.807, 2.05) is 0 Å². The van der Waals surface area contributed by atoms with Crippen molar-refractivity contribution in [2.24, 2.45) is 0 Å². The van der Waals surface area contributed by atoms with Crippen LogP contribution in [0, 0.1) is 0 Å². The zero-order chi connectivity index (χ0) is 10.5. The molecule has 0 spiro atoms. The molecule has 0 rings (SSSR count). The van der Waals surface area contributed by atoms with Crippen molar-refractivity contribution in [1.82, 2.24) is 0 Å². The molecule has 0 aromatic carbocycles. The third-order valence-electron chi connectivity index (χ3n) is 1.09. The highest BCUT2D eigenvalue weighted by Crippen LogP contribution is 2.55. The van der Waals surface area contributed by atoms with Crippen molar-refractivity contribution in [3.63, 3.8) is 0 Å². The molecule has 0 aromatic rings. The maximum Gasteiger partial charge on any atom is 0.349 e. The molecule has 0 aliphatic rings. The van der Waals surface area contributed by atoms with Crippen molar-refractivity contribution >= 4 is 29.5 Å². The van der Waals surface area contributed by atoms with Gasteiger partial charge in [0.15, 0.2) is 4.57 Å². The van der Waals surface area contributed by atoms with Gasteiger partial charge in [-0.25, -0.2) is 0 Å². The van der Waals surface area contributed by atoms with Crippen molar-refractivity contribution in [2.45, 2.75) is 18.4 Å². The van der Waals surface area contributed by atoms with Crippen LogP contribution in [0.4, 0.5) is 0 Å². The van der Waals surface area contributed by atoms with E-state index in [0.717, 1.165) is 0 Å². The Morgan fingerprint density at radius 1 is 1.46 bits per heavy atom. The predicted molar refractivity (Wildman–Crippen MR) is 48.6 cm³/mol. The van der Waals surface area contributed by atoms with Crippen LogP contribution in [-0.2, 0) is 18.4 Å². The van der Waals surface area contributed by atoms with E-state index in [4.69, 9.17) is 9.05 Å². The first kappa shape index (κ1) is 13.1. The number of hydrogen-bond acceptors (Lipinski definition) is 5. The Balaban J connectivity index is 4.57. The maximum atomic E-state index is 11.6. The number of carboxylic acids is 1. The quantitative estimate of drug-likeness (QED) is 0.527. The van der Waals surface area contributed by atoms with Crippen LogP contribution >= 0.6 is 23.5 Å². The largest absolute Gasteiger partial charge is 0.548 e. The SMILES string of the molecule is CCOP(=O)(OCC)[C@H](Br)C(=O)[O-]. The molecular formula is C6H11BrO5P-. The van der Waals surface area contributed by atoms with Crippen molar-refractivity contribution in [2.75, 3.05) is 13.2 Å². The predicted octanol–water partition coefficient (Wildman–Crippen LogP) is 0.723. The van der Waals surface area contributed by atoms with E-state index < -0.39 is 18.1 Å². The van der Waals surface area contributed by atoms with Gasteiger partial charge in [-0.15, -0.1) is 0 Å². The van der Waals surface area contributed by atoms with E-state index in [-0.39, 0.29) is 13.2 Å². The van der Waals surface area contributed by atoms with Crippen LogP contribution in [-0.4, -0.2) is 23.8 Å². The average Bonchev–Trinajstić information content (AvgIpc) is 2.03. The van der Waals surface area contributed by atoms with Gasteiger partial charge in [-0.3, -0.25) is 4.57 Å². The molecule has 5 nitrogen and oxygen atoms in total. The van der Waals surface area contributed by atoms with Gasteiger partial charge in [0.25, 0.3) is 0 Å². The summed E-state index contributed by atoms with van der Waals surface area (Å²) >= 11 is 2.69. The summed E-state index contributed by atoms with van der Waals surface area (Å²) in [4.78, 5) is 10.4. The summed E-state index contributed by atoms with van der Waals surface area (Å²) in [6.07, 6.45) is 0. The molecule has 13 heavy (non-hydrogen) atoms. The first-order chi connectivity index (χ1) is 5.98. The Hall–Kier alpha value is 0.100.